The SMILES string of the molecule is CC(C)c1ccnc(-c2ccc3c(c2)oc2ccccc23)c1. The van der Waals surface area contributed by atoms with Gasteiger partial charge in [-0.15, -0.1) is 0 Å². The number of rotatable bonds is 2. The van der Waals surface area contributed by atoms with Crippen LogP contribution in [0.4, 0.5) is 0 Å². The average molecular weight is 287 g/mol. The van der Waals surface area contributed by atoms with Gasteiger partial charge in [0.1, 0.15) is 11.2 Å². The summed E-state index contributed by atoms with van der Waals surface area (Å²) in [6.07, 6.45) is 1.88. The molecule has 2 aromatic heterocycles. The maximum absolute atomic E-state index is 5.96. The third-order valence-electron chi connectivity index (χ3n) is 4.13. The minimum atomic E-state index is 0.497. The lowest BCUT2D eigenvalue weighted by Crippen LogP contribution is -1.90. The lowest BCUT2D eigenvalue weighted by atomic mass is 10.0. The first-order valence-corrected chi connectivity index (χ1v) is 7.60. The van der Waals surface area contributed by atoms with Crippen molar-refractivity contribution in [1.29, 1.82) is 0 Å². The second-order valence-corrected chi connectivity index (χ2v) is 5.94. The lowest BCUT2D eigenvalue weighted by Gasteiger charge is -2.07. The molecule has 0 aliphatic carbocycles. The second kappa shape index (κ2) is 4.99. The number of para-hydroxylation sites is 1. The Labute approximate surface area is 129 Å². The monoisotopic (exact) mass is 287 g/mol. The molecular formula is C20H17NO. The van der Waals surface area contributed by atoms with Gasteiger partial charge in [0.15, 0.2) is 0 Å². The van der Waals surface area contributed by atoms with E-state index in [2.05, 4.69) is 55.2 Å². The maximum atomic E-state index is 5.96. The zero-order valence-corrected chi connectivity index (χ0v) is 12.7. The molecule has 4 rings (SSSR count). The summed E-state index contributed by atoms with van der Waals surface area (Å²) in [5, 5.41) is 2.31. The Balaban J connectivity index is 1.89. The number of benzene rings is 2. The highest BCUT2D eigenvalue weighted by Crippen LogP contribution is 2.32. The first-order chi connectivity index (χ1) is 10.7. The van der Waals surface area contributed by atoms with E-state index in [0.717, 1.165) is 33.2 Å². The fourth-order valence-electron chi connectivity index (χ4n) is 2.85. The summed E-state index contributed by atoms with van der Waals surface area (Å²) < 4.78 is 5.96. The van der Waals surface area contributed by atoms with E-state index in [0.29, 0.717) is 5.92 Å². The van der Waals surface area contributed by atoms with E-state index in [-0.39, 0.29) is 0 Å². The van der Waals surface area contributed by atoms with Gasteiger partial charge in [0.25, 0.3) is 0 Å². The molecule has 2 nitrogen and oxygen atoms in total. The van der Waals surface area contributed by atoms with E-state index in [1.807, 2.05) is 24.4 Å². The van der Waals surface area contributed by atoms with Crippen LogP contribution in [0.3, 0.4) is 0 Å². The predicted molar refractivity (Wildman–Crippen MR) is 91.0 cm³/mol. The number of furan rings is 1. The predicted octanol–water partition coefficient (Wildman–Crippen LogP) is 5.77. The zero-order chi connectivity index (χ0) is 15.1. The van der Waals surface area contributed by atoms with Crippen LogP contribution < -0.4 is 0 Å². The molecule has 2 heterocycles. The van der Waals surface area contributed by atoms with Crippen molar-refractivity contribution in [3.8, 4) is 11.3 Å². The summed E-state index contributed by atoms with van der Waals surface area (Å²) in [6, 6.07) is 18.7. The van der Waals surface area contributed by atoms with Crippen LogP contribution in [0.5, 0.6) is 0 Å². The van der Waals surface area contributed by atoms with Gasteiger partial charge >= 0.3 is 0 Å². The zero-order valence-electron chi connectivity index (χ0n) is 12.7. The van der Waals surface area contributed by atoms with Crippen molar-refractivity contribution < 1.29 is 4.42 Å². The highest BCUT2D eigenvalue weighted by atomic mass is 16.3. The molecule has 0 saturated carbocycles. The van der Waals surface area contributed by atoms with Crippen molar-refractivity contribution in [2.24, 2.45) is 0 Å². The van der Waals surface area contributed by atoms with Crippen LogP contribution in [0.1, 0.15) is 25.3 Å². The van der Waals surface area contributed by atoms with E-state index in [1.54, 1.807) is 0 Å². The van der Waals surface area contributed by atoms with E-state index in [4.69, 9.17) is 4.42 Å². The summed E-state index contributed by atoms with van der Waals surface area (Å²) in [4.78, 5) is 4.51. The highest BCUT2D eigenvalue weighted by molar-refractivity contribution is 6.05. The molecule has 0 fully saturated rings. The average Bonchev–Trinajstić information content (AvgIpc) is 2.92. The third-order valence-corrected chi connectivity index (χ3v) is 4.13. The normalized spacial score (nSPS) is 11.6. The van der Waals surface area contributed by atoms with Gasteiger partial charge < -0.3 is 4.42 Å². The van der Waals surface area contributed by atoms with Gasteiger partial charge in [-0.05, 0) is 41.8 Å². The van der Waals surface area contributed by atoms with Crippen molar-refractivity contribution in [3.05, 3.63) is 66.4 Å². The summed E-state index contributed by atoms with van der Waals surface area (Å²) in [6.45, 7) is 4.39. The topological polar surface area (TPSA) is 26.0 Å². The van der Waals surface area contributed by atoms with E-state index in [9.17, 15) is 0 Å². The van der Waals surface area contributed by atoms with Crippen molar-refractivity contribution >= 4 is 21.9 Å². The Morgan fingerprint density at radius 1 is 0.864 bits per heavy atom. The first kappa shape index (κ1) is 13.1. The van der Waals surface area contributed by atoms with Crippen molar-refractivity contribution in [1.82, 2.24) is 4.98 Å². The molecule has 2 heteroatoms. The first-order valence-electron chi connectivity index (χ1n) is 7.60. The smallest absolute Gasteiger partial charge is 0.136 e. The molecule has 0 atom stereocenters. The molecule has 2 aromatic carbocycles. The molecule has 0 aliphatic rings. The fraction of sp³-hybridized carbons (Fsp3) is 0.150. The Morgan fingerprint density at radius 3 is 2.55 bits per heavy atom. The number of aromatic nitrogens is 1. The molecule has 0 unspecified atom stereocenters. The molecule has 0 saturated heterocycles. The van der Waals surface area contributed by atoms with Crippen LogP contribution in [-0.4, -0.2) is 4.98 Å². The van der Waals surface area contributed by atoms with Crippen LogP contribution in [0.2, 0.25) is 0 Å². The highest BCUT2D eigenvalue weighted by Gasteiger charge is 2.09. The van der Waals surface area contributed by atoms with Gasteiger partial charge in [-0.2, -0.15) is 0 Å². The number of hydrogen-bond donors (Lipinski definition) is 0. The van der Waals surface area contributed by atoms with Gasteiger partial charge in [-0.3, -0.25) is 4.98 Å². The third kappa shape index (κ3) is 2.08. The summed E-state index contributed by atoms with van der Waals surface area (Å²) in [5.41, 5.74) is 5.23. The Kier molecular flexibility index (Phi) is 2.97. The second-order valence-electron chi connectivity index (χ2n) is 5.94. The van der Waals surface area contributed by atoms with E-state index in [1.165, 1.54) is 5.56 Å². The molecule has 22 heavy (non-hydrogen) atoms. The standard InChI is InChI=1S/C20H17NO/c1-13(2)14-9-10-21-18(11-14)15-7-8-17-16-5-3-4-6-19(16)22-20(17)12-15/h3-13H,1-2H3. The molecule has 108 valence electrons. The van der Waals surface area contributed by atoms with Crippen LogP contribution >= 0.6 is 0 Å². The minimum Gasteiger partial charge on any atom is -0.456 e. The van der Waals surface area contributed by atoms with Crippen LogP contribution in [0.15, 0.2) is 65.2 Å². The molecule has 0 amide bonds. The van der Waals surface area contributed by atoms with Crippen LogP contribution in [0, 0.1) is 0 Å². The van der Waals surface area contributed by atoms with Gasteiger partial charge in [0.2, 0.25) is 0 Å². The quantitative estimate of drug-likeness (QED) is 0.467. The molecule has 0 spiro atoms. The molecule has 0 N–H and O–H groups in total. The Hall–Kier alpha value is -2.61. The Bertz CT molecular complexity index is 966. The maximum Gasteiger partial charge on any atom is 0.136 e. The fourth-order valence-corrected chi connectivity index (χ4v) is 2.85. The molecule has 0 aliphatic heterocycles. The lowest BCUT2D eigenvalue weighted by molar-refractivity contribution is 0.669. The van der Waals surface area contributed by atoms with Crippen LogP contribution in [-0.2, 0) is 0 Å². The Morgan fingerprint density at radius 2 is 1.68 bits per heavy atom. The van der Waals surface area contributed by atoms with Crippen molar-refractivity contribution in [2.45, 2.75) is 19.8 Å². The van der Waals surface area contributed by atoms with Crippen molar-refractivity contribution in [3.63, 3.8) is 0 Å². The molecular weight excluding hydrogens is 270 g/mol. The minimum absolute atomic E-state index is 0.497. The summed E-state index contributed by atoms with van der Waals surface area (Å²) >= 11 is 0. The number of fused-ring (bicyclic) bond motifs is 3. The van der Waals surface area contributed by atoms with E-state index < -0.39 is 0 Å². The number of pyridine rings is 1. The molecule has 4 aromatic rings. The molecule has 0 bridgehead atoms. The van der Waals surface area contributed by atoms with Gasteiger partial charge in [-0.1, -0.05) is 38.1 Å². The van der Waals surface area contributed by atoms with Gasteiger partial charge in [0, 0.05) is 22.5 Å². The van der Waals surface area contributed by atoms with Gasteiger partial charge in [-0.25, -0.2) is 0 Å². The summed E-state index contributed by atoms with van der Waals surface area (Å²) in [5.74, 6) is 0.497. The van der Waals surface area contributed by atoms with Gasteiger partial charge in [0.05, 0.1) is 5.69 Å². The molecule has 0 radical (unpaired) electrons. The number of hydrogen-bond acceptors (Lipinski definition) is 2. The summed E-state index contributed by atoms with van der Waals surface area (Å²) in [7, 11) is 0. The van der Waals surface area contributed by atoms with Crippen LogP contribution in [0.25, 0.3) is 33.2 Å². The number of nitrogens with zero attached hydrogens (tertiary/aromatic N) is 1. The van der Waals surface area contributed by atoms with Crippen molar-refractivity contribution in [2.75, 3.05) is 0 Å². The largest absolute Gasteiger partial charge is 0.456 e. The van der Waals surface area contributed by atoms with E-state index >= 15 is 0 Å².